The fourth-order valence-corrected chi connectivity index (χ4v) is 8.10. The molecule has 0 aliphatic carbocycles. The van der Waals surface area contributed by atoms with Crippen molar-refractivity contribution in [2.24, 2.45) is 0 Å². The van der Waals surface area contributed by atoms with Crippen molar-refractivity contribution in [1.29, 1.82) is 0 Å². The highest BCUT2D eigenvalue weighted by Gasteiger charge is 2.52. The number of fused-ring (bicyclic) bond motifs is 3. The third kappa shape index (κ3) is 16.3. The maximum atomic E-state index is 12.7. The average molecular weight is 1160 g/mol. The predicted molar refractivity (Wildman–Crippen MR) is 325 cm³/mol. The third-order valence-electron chi connectivity index (χ3n) is 14.0. The zero-order valence-corrected chi connectivity index (χ0v) is 49.3. The van der Waals surface area contributed by atoms with Gasteiger partial charge < -0.3 is 49.0 Å². The lowest BCUT2D eigenvalue weighted by molar-refractivity contribution is 0.00578. The summed E-state index contributed by atoms with van der Waals surface area (Å²) in [5, 5.41) is 17.2. The summed E-state index contributed by atoms with van der Waals surface area (Å²) in [5.41, 5.74) is 9.10. The van der Waals surface area contributed by atoms with Gasteiger partial charge in [0.05, 0.1) is 49.3 Å². The first-order valence-corrected chi connectivity index (χ1v) is 28.2. The van der Waals surface area contributed by atoms with Crippen molar-refractivity contribution in [2.75, 3.05) is 32.4 Å². The number of hydrogen-bond donors (Lipinski definition) is 3. The number of hydrogen-bond acceptors (Lipinski definition) is 12. The van der Waals surface area contributed by atoms with E-state index >= 15 is 0 Å². The monoisotopic (exact) mass is 1160 g/mol. The Bertz CT molecular complexity index is 3380. The smallest absolute Gasteiger partial charge is 0.494 e. The first-order valence-electron chi connectivity index (χ1n) is 25.0. The molecule has 0 unspecified atom stereocenters. The van der Waals surface area contributed by atoms with E-state index in [-0.39, 0.29) is 35.4 Å². The topological polar surface area (TPSA) is 191 Å². The van der Waals surface area contributed by atoms with Gasteiger partial charge >= 0.3 is 20.2 Å². The number of aromatic carboxylic acids is 1. The summed E-state index contributed by atoms with van der Waals surface area (Å²) < 4.78 is 48.5. The van der Waals surface area contributed by atoms with Crippen LogP contribution in [0.4, 0.5) is 11.4 Å². The lowest BCUT2D eigenvalue weighted by Gasteiger charge is -2.32. The third-order valence-corrected chi connectivity index (χ3v) is 14.3. The fourth-order valence-electron chi connectivity index (χ4n) is 7.99. The molecule has 0 aromatic heterocycles. The summed E-state index contributed by atoms with van der Waals surface area (Å²) in [6.45, 7) is 16.3. The van der Waals surface area contributed by atoms with Crippen LogP contribution in [0.2, 0.25) is 0 Å². The number of nitrogen functional groups attached to an aromatic ring is 1. The highest BCUT2D eigenvalue weighted by molar-refractivity contribution is 8.26. The van der Waals surface area contributed by atoms with Crippen molar-refractivity contribution in [3.63, 3.8) is 0 Å². The minimum atomic E-state index is -1.67. The van der Waals surface area contributed by atoms with Crippen LogP contribution in [0.15, 0.2) is 158 Å². The molecule has 80 heavy (non-hydrogen) atoms. The molecule has 0 atom stereocenters. The van der Waals surface area contributed by atoms with E-state index in [0.29, 0.717) is 16.7 Å². The summed E-state index contributed by atoms with van der Waals surface area (Å²) in [4.78, 5) is 34.4. The summed E-state index contributed by atoms with van der Waals surface area (Å²) in [6.07, 6.45) is 0. The SMILES string of the molecule is CC1(C)OB(c2ccc(N)cc2)OC1(C)C.COc1ccc2cc(C(=O)Cl)ccc2c1.COc1ccc2cc(C(=O)Nc3ccc(B4OC(C)(C)C(C)(C)O4)cc3)ccc2c1.COc1ccc2cc(C(=O)O)ccc2c1.O=S(Cl)Cl. The van der Waals surface area contributed by atoms with Crippen LogP contribution in [-0.2, 0) is 27.8 Å². The summed E-state index contributed by atoms with van der Waals surface area (Å²) in [7, 11) is 11.5. The number of nitrogens with one attached hydrogen (secondary N) is 1. The number of amides is 1. The average Bonchev–Trinajstić information content (AvgIpc) is 3.93. The van der Waals surface area contributed by atoms with E-state index in [4.69, 9.17) is 59.5 Å². The van der Waals surface area contributed by atoms with Gasteiger partial charge in [0.1, 0.15) is 17.2 Å². The number of carboxylic acids is 1. The predicted octanol–water partition coefficient (Wildman–Crippen LogP) is 12.8. The molecule has 8 aromatic rings. The van der Waals surface area contributed by atoms with Crippen molar-refractivity contribution < 1.29 is 56.5 Å². The number of carbonyl (C=O) groups is 3. The number of ether oxygens (including phenoxy) is 3. The highest BCUT2D eigenvalue weighted by Crippen LogP contribution is 2.38. The molecular formula is C60H63B2Cl3N2O12S. The van der Waals surface area contributed by atoms with E-state index in [1.165, 1.54) is 0 Å². The van der Waals surface area contributed by atoms with Crippen molar-refractivity contribution in [1.82, 2.24) is 0 Å². The molecule has 0 radical (unpaired) electrons. The Morgan fingerprint density at radius 1 is 0.487 bits per heavy atom. The minimum absolute atomic E-state index is 0.156. The molecule has 10 rings (SSSR count). The molecule has 2 aliphatic rings. The van der Waals surface area contributed by atoms with Crippen LogP contribution < -0.4 is 36.2 Å². The molecule has 20 heteroatoms. The number of carbonyl (C=O) groups excluding carboxylic acids is 2. The zero-order valence-electron chi connectivity index (χ0n) is 46.2. The zero-order chi connectivity index (χ0) is 58.7. The van der Waals surface area contributed by atoms with E-state index in [1.54, 1.807) is 51.7 Å². The van der Waals surface area contributed by atoms with Gasteiger partial charge in [-0.05, 0) is 207 Å². The summed E-state index contributed by atoms with van der Waals surface area (Å²) in [5.74, 6) is 1.30. The van der Waals surface area contributed by atoms with Gasteiger partial charge in [-0.1, -0.05) is 60.7 Å². The largest absolute Gasteiger partial charge is 0.497 e. The van der Waals surface area contributed by atoms with E-state index in [9.17, 15) is 14.4 Å². The lowest BCUT2D eigenvalue weighted by atomic mass is 9.79. The van der Waals surface area contributed by atoms with Crippen molar-refractivity contribution in [2.45, 2.75) is 77.8 Å². The summed E-state index contributed by atoms with van der Waals surface area (Å²) in [6, 6.07) is 48.1. The molecule has 14 nitrogen and oxygen atoms in total. The maximum absolute atomic E-state index is 12.7. The van der Waals surface area contributed by atoms with Crippen LogP contribution in [0.1, 0.15) is 86.5 Å². The Morgan fingerprint density at radius 3 is 1.14 bits per heavy atom. The fraction of sp³-hybridized carbons (Fsp3) is 0.250. The van der Waals surface area contributed by atoms with Crippen molar-refractivity contribution in [3.05, 3.63) is 174 Å². The standard InChI is InChI=1S/C24H26BNO4.C12H18BNO2.C12H9ClO2.C12H10O3.Cl2OS/c1-23(2)24(3,4)30-25(29-23)19-9-11-20(12-10-19)26-22(27)18-7-6-17-15-21(28-5)13-8-16(17)14-18;1-11(2)12(3,4)16-13(15-11)9-5-7-10(14)8-6-9;2*1-15-11-5-4-8-6-10(12(13)14)3-2-9(8)7-11;1-4(2)3/h6-15H,1-5H3,(H,26,27);5-8H,14H2,1-4H3;2-7H,1H3;2-7H,1H3,(H,13,14);. The molecule has 4 N–H and O–H groups in total. The van der Waals surface area contributed by atoms with Crippen LogP contribution in [0.3, 0.4) is 0 Å². The van der Waals surface area contributed by atoms with Crippen LogP contribution in [-0.4, -0.2) is 84.4 Å². The molecule has 0 saturated carbocycles. The van der Waals surface area contributed by atoms with Crippen molar-refractivity contribution >= 4 is 128 Å². The lowest BCUT2D eigenvalue weighted by Crippen LogP contribution is -2.41. The van der Waals surface area contributed by atoms with E-state index < -0.39 is 27.6 Å². The Kier molecular flexibility index (Phi) is 20.9. The van der Waals surface area contributed by atoms with Gasteiger partial charge in [-0.25, -0.2) is 9.00 Å². The highest BCUT2D eigenvalue weighted by atomic mass is 36.0. The molecule has 2 heterocycles. The molecule has 2 saturated heterocycles. The van der Waals surface area contributed by atoms with Gasteiger partial charge in [-0.3, -0.25) is 9.59 Å². The number of benzene rings is 8. The van der Waals surface area contributed by atoms with Crippen LogP contribution in [0.25, 0.3) is 32.3 Å². The number of rotatable bonds is 9. The minimum Gasteiger partial charge on any atom is -0.497 e. The van der Waals surface area contributed by atoms with Crippen LogP contribution in [0.5, 0.6) is 17.2 Å². The Labute approximate surface area is 483 Å². The number of carboxylic acid groups (broad SMARTS) is 1. The first-order chi connectivity index (χ1) is 37.6. The molecule has 418 valence electrons. The molecule has 8 aromatic carbocycles. The molecular weight excluding hydrogens is 1100 g/mol. The van der Waals surface area contributed by atoms with Gasteiger partial charge in [0, 0.05) is 43.9 Å². The Hall–Kier alpha value is -6.66. The molecule has 2 fully saturated rings. The van der Waals surface area contributed by atoms with E-state index in [0.717, 1.165) is 71.9 Å². The van der Waals surface area contributed by atoms with Gasteiger partial charge in [0.15, 0.2) is 0 Å². The van der Waals surface area contributed by atoms with Crippen molar-refractivity contribution in [3.8, 4) is 17.2 Å². The van der Waals surface area contributed by atoms with Gasteiger partial charge in [0.25, 0.3) is 11.1 Å². The number of anilines is 2. The quantitative estimate of drug-likeness (QED) is 0.0703. The number of nitrogens with two attached hydrogens (primary N) is 1. The van der Waals surface area contributed by atoms with Gasteiger partial charge in [0.2, 0.25) is 9.23 Å². The van der Waals surface area contributed by atoms with E-state index in [1.807, 2.05) is 183 Å². The Balaban J connectivity index is 0.000000177. The molecule has 1 amide bonds. The second-order valence-corrected chi connectivity index (χ2v) is 23.3. The normalized spacial score (nSPS) is 15.2. The van der Waals surface area contributed by atoms with Gasteiger partial charge in [-0.15, -0.1) is 0 Å². The Morgan fingerprint density at radius 2 is 0.787 bits per heavy atom. The van der Waals surface area contributed by atoms with Crippen LogP contribution >= 0.6 is 33.0 Å². The second-order valence-electron chi connectivity index (χ2n) is 20.5. The number of halogens is 3. The van der Waals surface area contributed by atoms with Gasteiger partial charge in [-0.2, -0.15) is 0 Å². The maximum Gasteiger partial charge on any atom is 0.494 e. The molecule has 0 bridgehead atoms. The van der Waals surface area contributed by atoms with Crippen LogP contribution in [0, 0.1) is 0 Å². The molecule has 2 aliphatic heterocycles. The number of methoxy groups -OCH3 is 3. The van der Waals surface area contributed by atoms with E-state index in [2.05, 4.69) is 26.7 Å². The second kappa shape index (κ2) is 26.7. The molecule has 0 spiro atoms. The summed E-state index contributed by atoms with van der Waals surface area (Å²) >= 11 is 5.40. The first kappa shape index (κ1) is 62.5.